The van der Waals surface area contributed by atoms with Gasteiger partial charge in [-0.15, -0.1) is 0 Å². The third kappa shape index (κ3) is 2.26. The van der Waals surface area contributed by atoms with Gasteiger partial charge in [-0.1, -0.05) is 12.7 Å². The van der Waals surface area contributed by atoms with E-state index >= 15 is 0 Å². The van der Waals surface area contributed by atoms with Crippen molar-refractivity contribution in [2.75, 3.05) is 6.61 Å². The van der Waals surface area contributed by atoms with Crippen LogP contribution in [-0.4, -0.2) is 6.61 Å². The maximum atomic E-state index is 11.5. The minimum Gasteiger partial charge on any atom is -0.489 e. The summed E-state index contributed by atoms with van der Waals surface area (Å²) in [6.07, 6.45) is 1.66. The average Bonchev–Trinajstić information content (AvgIpc) is 2.33. The van der Waals surface area contributed by atoms with Gasteiger partial charge in [0.05, 0.1) is 0 Å². The molecule has 1 aromatic heterocycles. The number of rotatable bonds is 3. The van der Waals surface area contributed by atoms with Gasteiger partial charge in [-0.3, -0.25) is 0 Å². The van der Waals surface area contributed by atoms with Crippen molar-refractivity contribution in [2.24, 2.45) is 0 Å². The number of aryl methyl sites for hydroxylation is 1. The molecule has 0 spiro atoms. The lowest BCUT2D eigenvalue weighted by Gasteiger charge is -2.06. The molecule has 0 atom stereocenters. The Morgan fingerprint density at radius 1 is 1.53 bits per heavy atom. The third-order valence-electron chi connectivity index (χ3n) is 2.44. The molecule has 0 aliphatic carbocycles. The number of fused-ring (bicyclic) bond motifs is 1. The van der Waals surface area contributed by atoms with Crippen molar-refractivity contribution in [3.05, 3.63) is 51.3 Å². The van der Waals surface area contributed by atoms with Gasteiger partial charge < -0.3 is 9.15 Å². The lowest BCUT2D eigenvalue weighted by atomic mass is 10.1. The molecule has 0 N–H and O–H groups in total. The number of ether oxygens (including phenoxy) is 1. The van der Waals surface area contributed by atoms with E-state index in [2.05, 4.69) is 22.5 Å². The summed E-state index contributed by atoms with van der Waals surface area (Å²) < 4.78 is 11.0. The van der Waals surface area contributed by atoms with Gasteiger partial charge in [0.15, 0.2) is 0 Å². The van der Waals surface area contributed by atoms with Gasteiger partial charge in [-0.25, -0.2) is 4.79 Å². The molecule has 0 radical (unpaired) electrons. The summed E-state index contributed by atoms with van der Waals surface area (Å²) in [5, 5.41) is 0.891. The Kier molecular flexibility index (Phi) is 3.33. The van der Waals surface area contributed by atoms with Gasteiger partial charge in [0.2, 0.25) is 0 Å². The van der Waals surface area contributed by atoms with Crippen molar-refractivity contribution in [1.82, 2.24) is 0 Å². The van der Waals surface area contributed by atoms with Crippen LogP contribution in [0.25, 0.3) is 11.0 Å². The molecule has 1 aromatic carbocycles. The first-order chi connectivity index (χ1) is 8.13. The van der Waals surface area contributed by atoms with E-state index in [9.17, 15) is 4.79 Å². The lowest BCUT2D eigenvalue weighted by Crippen LogP contribution is -2.02. The van der Waals surface area contributed by atoms with Gasteiger partial charge in [0, 0.05) is 11.5 Å². The van der Waals surface area contributed by atoms with Crippen LogP contribution in [0, 0.1) is 6.92 Å². The second kappa shape index (κ2) is 4.75. The third-order valence-corrected chi connectivity index (χ3v) is 3.35. The van der Waals surface area contributed by atoms with Crippen LogP contribution in [0.5, 0.6) is 5.75 Å². The predicted molar refractivity (Wildman–Crippen MR) is 70.6 cm³/mol. The highest BCUT2D eigenvalue weighted by Gasteiger charge is 2.09. The van der Waals surface area contributed by atoms with E-state index in [1.807, 2.05) is 19.1 Å². The highest BCUT2D eigenvalue weighted by Crippen LogP contribution is 2.26. The average molecular weight is 295 g/mol. The Hall–Kier alpha value is -1.55. The van der Waals surface area contributed by atoms with E-state index in [1.54, 1.807) is 12.1 Å². The summed E-state index contributed by atoms with van der Waals surface area (Å²) in [6.45, 7) is 5.86. The van der Waals surface area contributed by atoms with Crippen molar-refractivity contribution in [3.8, 4) is 5.75 Å². The Labute approximate surface area is 107 Å². The van der Waals surface area contributed by atoms with E-state index in [4.69, 9.17) is 9.15 Å². The summed E-state index contributed by atoms with van der Waals surface area (Å²) in [7, 11) is 0. The molecule has 0 aliphatic heterocycles. The molecule has 0 saturated heterocycles. The predicted octanol–water partition coefficient (Wildman–Crippen LogP) is 3.43. The zero-order valence-corrected chi connectivity index (χ0v) is 10.9. The molecule has 2 rings (SSSR count). The van der Waals surface area contributed by atoms with Crippen LogP contribution in [0.3, 0.4) is 0 Å². The van der Waals surface area contributed by atoms with Crippen LogP contribution in [0.4, 0.5) is 0 Å². The zero-order chi connectivity index (χ0) is 12.4. The smallest absolute Gasteiger partial charge is 0.350 e. The molecule has 0 fully saturated rings. The van der Waals surface area contributed by atoms with Gasteiger partial charge >= 0.3 is 5.63 Å². The molecule has 0 saturated carbocycles. The van der Waals surface area contributed by atoms with Crippen LogP contribution in [-0.2, 0) is 0 Å². The second-order valence-electron chi connectivity index (χ2n) is 3.59. The molecule has 0 unspecified atom stereocenters. The Morgan fingerprint density at radius 3 is 3.00 bits per heavy atom. The van der Waals surface area contributed by atoms with Crippen LogP contribution in [0.2, 0.25) is 0 Å². The summed E-state index contributed by atoms with van der Waals surface area (Å²) in [6, 6.07) is 5.42. The summed E-state index contributed by atoms with van der Waals surface area (Å²) in [5.41, 5.74) is 1.01. The first kappa shape index (κ1) is 11.9. The molecule has 0 bridgehead atoms. The standard InChI is InChI=1S/C13H11BrO3/c1-3-6-16-9-4-5-10-8(2)12(14)13(15)17-11(10)7-9/h3-5,7H,1,6H2,2H3. The molecule has 88 valence electrons. The van der Waals surface area contributed by atoms with Crippen molar-refractivity contribution in [3.63, 3.8) is 0 Å². The van der Waals surface area contributed by atoms with E-state index in [0.29, 0.717) is 22.4 Å². The molecular weight excluding hydrogens is 284 g/mol. The van der Waals surface area contributed by atoms with E-state index in [-0.39, 0.29) is 5.63 Å². The molecular formula is C13H11BrO3. The molecule has 2 aromatic rings. The largest absolute Gasteiger partial charge is 0.489 e. The van der Waals surface area contributed by atoms with Crippen molar-refractivity contribution in [1.29, 1.82) is 0 Å². The lowest BCUT2D eigenvalue weighted by molar-refractivity contribution is 0.363. The number of hydrogen-bond donors (Lipinski definition) is 0. The summed E-state index contributed by atoms with van der Waals surface area (Å²) >= 11 is 3.21. The fraction of sp³-hybridized carbons (Fsp3) is 0.154. The highest BCUT2D eigenvalue weighted by molar-refractivity contribution is 9.10. The van der Waals surface area contributed by atoms with Gasteiger partial charge in [0.1, 0.15) is 22.4 Å². The van der Waals surface area contributed by atoms with Crippen LogP contribution < -0.4 is 10.4 Å². The monoisotopic (exact) mass is 294 g/mol. The maximum Gasteiger partial charge on any atom is 0.350 e. The quantitative estimate of drug-likeness (QED) is 0.643. The number of halogens is 1. The first-order valence-corrected chi connectivity index (χ1v) is 5.89. The maximum absolute atomic E-state index is 11.5. The fourth-order valence-corrected chi connectivity index (χ4v) is 1.85. The fourth-order valence-electron chi connectivity index (χ4n) is 1.56. The van der Waals surface area contributed by atoms with Gasteiger partial charge in [-0.2, -0.15) is 0 Å². The zero-order valence-electron chi connectivity index (χ0n) is 9.33. The minimum atomic E-state index is -0.379. The van der Waals surface area contributed by atoms with E-state index in [1.165, 1.54) is 0 Å². The SMILES string of the molecule is C=CCOc1ccc2c(C)c(Br)c(=O)oc2c1. The molecule has 3 nitrogen and oxygen atoms in total. The topological polar surface area (TPSA) is 39.4 Å². The Balaban J connectivity index is 2.58. The van der Waals surface area contributed by atoms with E-state index in [0.717, 1.165) is 10.9 Å². The summed E-state index contributed by atoms with van der Waals surface area (Å²) in [4.78, 5) is 11.5. The molecule has 0 aliphatic rings. The number of hydrogen-bond acceptors (Lipinski definition) is 3. The van der Waals surface area contributed by atoms with Crippen LogP contribution in [0.15, 0.2) is 44.5 Å². The molecule has 1 heterocycles. The van der Waals surface area contributed by atoms with Gasteiger partial charge in [-0.05, 0) is 40.5 Å². The van der Waals surface area contributed by atoms with Crippen molar-refractivity contribution in [2.45, 2.75) is 6.92 Å². The molecule has 4 heteroatoms. The minimum absolute atomic E-state index is 0.379. The van der Waals surface area contributed by atoms with Crippen molar-refractivity contribution >= 4 is 26.9 Å². The van der Waals surface area contributed by atoms with Crippen molar-refractivity contribution < 1.29 is 9.15 Å². The second-order valence-corrected chi connectivity index (χ2v) is 4.38. The number of benzene rings is 1. The Bertz CT molecular complexity index is 628. The normalized spacial score (nSPS) is 10.5. The van der Waals surface area contributed by atoms with Gasteiger partial charge in [0.25, 0.3) is 0 Å². The molecule has 0 amide bonds. The Morgan fingerprint density at radius 2 is 2.29 bits per heavy atom. The van der Waals surface area contributed by atoms with E-state index < -0.39 is 0 Å². The molecule has 17 heavy (non-hydrogen) atoms. The highest BCUT2D eigenvalue weighted by atomic mass is 79.9. The summed E-state index contributed by atoms with van der Waals surface area (Å²) in [5.74, 6) is 0.655. The van der Waals surface area contributed by atoms with Crippen LogP contribution in [0.1, 0.15) is 5.56 Å². The first-order valence-electron chi connectivity index (χ1n) is 5.10. The van der Waals surface area contributed by atoms with Crippen LogP contribution >= 0.6 is 15.9 Å².